The number of aromatic nitrogens is 4. The van der Waals surface area contributed by atoms with Crippen molar-refractivity contribution in [3.8, 4) is 34.0 Å². The summed E-state index contributed by atoms with van der Waals surface area (Å²) in [5.74, 6) is 0.677. The van der Waals surface area contributed by atoms with E-state index in [1.807, 2.05) is 22.7 Å². The fourth-order valence-corrected chi connectivity index (χ4v) is 11.7. The molecule has 0 bridgehead atoms. The smallest absolute Gasteiger partial charge is 0.235 e. The first-order valence-corrected chi connectivity index (χ1v) is 21.1. The Hall–Kier alpha value is -7.12. The highest BCUT2D eigenvalue weighted by Gasteiger charge is 2.22. The van der Waals surface area contributed by atoms with E-state index in [0.29, 0.717) is 5.95 Å². The number of hydrogen-bond donors (Lipinski definition) is 0. The van der Waals surface area contributed by atoms with Gasteiger partial charge < -0.3 is 4.57 Å². The van der Waals surface area contributed by atoms with Crippen LogP contribution >= 0.6 is 22.7 Å². The molecule has 8 aromatic carbocycles. The zero-order chi connectivity index (χ0) is 37.9. The van der Waals surface area contributed by atoms with Crippen LogP contribution in [0.4, 0.5) is 0 Å². The third-order valence-electron chi connectivity index (χ3n) is 11.8. The molecule has 0 spiro atoms. The Bertz CT molecular complexity index is 3800. The fraction of sp³-hybridized carbons (Fsp3) is 0. The van der Waals surface area contributed by atoms with E-state index in [4.69, 9.17) is 9.97 Å². The first-order chi connectivity index (χ1) is 28.8. The Morgan fingerprint density at radius 3 is 1.62 bits per heavy atom. The fourth-order valence-electron chi connectivity index (χ4n) is 9.14. The van der Waals surface area contributed by atoms with Crippen LogP contribution in [0, 0.1) is 0 Å². The number of nitrogens with zero attached hydrogens (tertiary/aromatic N) is 4. The van der Waals surface area contributed by atoms with Crippen molar-refractivity contribution in [1.82, 2.24) is 19.1 Å². The van der Waals surface area contributed by atoms with Gasteiger partial charge in [-0.15, -0.1) is 22.7 Å². The van der Waals surface area contributed by atoms with Crippen molar-refractivity contribution in [2.45, 2.75) is 0 Å². The minimum absolute atomic E-state index is 0.677. The summed E-state index contributed by atoms with van der Waals surface area (Å²) in [5.41, 5.74) is 11.1. The maximum atomic E-state index is 5.49. The largest absolute Gasteiger partial charge is 0.309 e. The minimum Gasteiger partial charge on any atom is -0.309 e. The number of hydrogen-bond acceptors (Lipinski definition) is 4. The summed E-state index contributed by atoms with van der Waals surface area (Å²) >= 11 is 3.69. The lowest BCUT2D eigenvalue weighted by atomic mass is 10.0. The molecule has 0 fully saturated rings. The SMILES string of the molecule is c1ccc(-c2nc(-n3c4ccccc4c4cc(-c5ccc6c(c5)c5ccccc5n6-c5ccccc5)ccc43)nc3c2sc2c3ccc3c4ccccc4sc32)cc1. The Balaban J connectivity index is 1.04. The zero-order valence-corrected chi connectivity index (χ0v) is 32.6. The highest BCUT2D eigenvalue weighted by molar-refractivity contribution is 7.33. The van der Waals surface area contributed by atoms with Gasteiger partial charge in [-0.05, 0) is 65.7 Å². The van der Waals surface area contributed by atoms with Crippen molar-refractivity contribution in [1.29, 1.82) is 0 Å². The third-order valence-corrected chi connectivity index (χ3v) is 14.3. The van der Waals surface area contributed by atoms with Crippen LogP contribution in [0.15, 0.2) is 182 Å². The number of fused-ring (bicyclic) bond motifs is 13. The second kappa shape index (κ2) is 12.2. The van der Waals surface area contributed by atoms with Crippen LogP contribution in [0.2, 0.25) is 0 Å². The van der Waals surface area contributed by atoms with Gasteiger partial charge in [-0.3, -0.25) is 4.57 Å². The first kappa shape index (κ1) is 32.0. The Kier molecular flexibility index (Phi) is 6.73. The van der Waals surface area contributed by atoms with Crippen LogP contribution in [0.5, 0.6) is 0 Å². The lowest BCUT2D eigenvalue weighted by Crippen LogP contribution is -2.02. The molecular formula is C52H30N4S2. The highest BCUT2D eigenvalue weighted by atomic mass is 32.1. The van der Waals surface area contributed by atoms with Gasteiger partial charge in [0.25, 0.3) is 0 Å². The molecule has 58 heavy (non-hydrogen) atoms. The molecule has 13 rings (SSSR count). The molecule has 5 heterocycles. The summed E-state index contributed by atoms with van der Waals surface area (Å²) in [6.45, 7) is 0. The average Bonchev–Trinajstić information content (AvgIpc) is 4.04. The summed E-state index contributed by atoms with van der Waals surface area (Å²) < 4.78 is 9.64. The van der Waals surface area contributed by atoms with E-state index >= 15 is 0 Å². The maximum Gasteiger partial charge on any atom is 0.235 e. The molecule has 0 radical (unpaired) electrons. The van der Waals surface area contributed by atoms with E-state index in [1.165, 1.54) is 74.0 Å². The van der Waals surface area contributed by atoms with Gasteiger partial charge >= 0.3 is 0 Å². The van der Waals surface area contributed by atoms with E-state index in [1.54, 1.807) is 0 Å². The van der Waals surface area contributed by atoms with Crippen LogP contribution in [0.25, 0.3) is 118 Å². The summed E-state index contributed by atoms with van der Waals surface area (Å²) in [6.07, 6.45) is 0. The van der Waals surface area contributed by atoms with Crippen LogP contribution in [-0.2, 0) is 0 Å². The minimum atomic E-state index is 0.677. The van der Waals surface area contributed by atoms with Crippen LogP contribution < -0.4 is 0 Å². The van der Waals surface area contributed by atoms with Crippen molar-refractivity contribution in [3.05, 3.63) is 182 Å². The predicted molar refractivity (Wildman–Crippen MR) is 247 cm³/mol. The molecule has 6 heteroatoms. The van der Waals surface area contributed by atoms with Gasteiger partial charge in [0, 0.05) is 53.7 Å². The normalized spacial score (nSPS) is 12.1. The van der Waals surface area contributed by atoms with Gasteiger partial charge in [-0.25, -0.2) is 9.97 Å². The second-order valence-electron chi connectivity index (χ2n) is 14.9. The standard InChI is InChI=1S/C52H30N4S2/c1-3-13-31(14-4-1)47-51-48(39-26-25-38-37-19-9-12-22-46(37)57-49(38)50(39)58-51)54-52(53-47)56-43-21-11-8-18-36(43)41-30-33(24-28-45(41)56)32-23-27-44-40(29-32)35-17-7-10-20-42(35)55(44)34-15-5-2-6-16-34/h1-30H. The van der Waals surface area contributed by atoms with Crippen molar-refractivity contribution < 1.29 is 0 Å². The van der Waals surface area contributed by atoms with E-state index < -0.39 is 0 Å². The molecule has 0 aliphatic carbocycles. The van der Waals surface area contributed by atoms with E-state index in [2.05, 4.69) is 191 Å². The molecule has 0 unspecified atom stereocenters. The van der Waals surface area contributed by atoms with Crippen LogP contribution in [0.1, 0.15) is 0 Å². The van der Waals surface area contributed by atoms with Crippen molar-refractivity contribution in [2.24, 2.45) is 0 Å². The van der Waals surface area contributed by atoms with E-state index in [9.17, 15) is 0 Å². The van der Waals surface area contributed by atoms with Gasteiger partial charge in [-0.2, -0.15) is 0 Å². The Morgan fingerprint density at radius 2 is 0.897 bits per heavy atom. The lowest BCUT2D eigenvalue weighted by molar-refractivity contribution is 1.02. The molecule has 0 amide bonds. The van der Waals surface area contributed by atoms with Gasteiger partial charge in [0.2, 0.25) is 5.95 Å². The molecule has 13 aromatic rings. The van der Waals surface area contributed by atoms with Crippen LogP contribution in [0.3, 0.4) is 0 Å². The average molecular weight is 775 g/mol. The van der Waals surface area contributed by atoms with Crippen LogP contribution in [-0.4, -0.2) is 19.1 Å². The molecule has 5 aromatic heterocycles. The molecule has 0 aliphatic heterocycles. The number of rotatable bonds is 4. The maximum absolute atomic E-state index is 5.49. The monoisotopic (exact) mass is 774 g/mol. The number of thiophene rings is 2. The summed E-state index contributed by atoms with van der Waals surface area (Å²) in [6, 6.07) is 65.6. The molecule has 4 nitrogen and oxygen atoms in total. The second-order valence-corrected chi connectivity index (χ2v) is 17.0. The third kappa shape index (κ3) is 4.55. The van der Waals surface area contributed by atoms with E-state index in [-0.39, 0.29) is 0 Å². The van der Waals surface area contributed by atoms with Crippen molar-refractivity contribution in [2.75, 3.05) is 0 Å². The number of benzene rings is 8. The van der Waals surface area contributed by atoms with Gasteiger partial charge in [0.1, 0.15) is 0 Å². The molecule has 0 atom stereocenters. The Morgan fingerprint density at radius 1 is 0.345 bits per heavy atom. The molecular weight excluding hydrogens is 745 g/mol. The summed E-state index contributed by atoms with van der Waals surface area (Å²) in [7, 11) is 0. The lowest BCUT2D eigenvalue weighted by Gasteiger charge is -2.10. The highest BCUT2D eigenvalue weighted by Crippen LogP contribution is 2.46. The van der Waals surface area contributed by atoms with Gasteiger partial charge in [0.05, 0.1) is 47.4 Å². The van der Waals surface area contributed by atoms with Crippen molar-refractivity contribution >= 4 is 107 Å². The van der Waals surface area contributed by atoms with Gasteiger partial charge in [-0.1, -0.05) is 127 Å². The molecule has 0 aliphatic rings. The molecule has 0 saturated heterocycles. The molecule has 0 saturated carbocycles. The topological polar surface area (TPSA) is 35.6 Å². The predicted octanol–water partition coefficient (Wildman–Crippen LogP) is 14.7. The van der Waals surface area contributed by atoms with Gasteiger partial charge in [0.15, 0.2) is 0 Å². The molecule has 270 valence electrons. The quantitative estimate of drug-likeness (QED) is 0.178. The Labute approximate surface area is 340 Å². The zero-order valence-electron chi connectivity index (χ0n) is 30.9. The van der Waals surface area contributed by atoms with E-state index in [0.717, 1.165) is 38.2 Å². The summed E-state index contributed by atoms with van der Waals surface area (Å²) in [5, 5.41) is 8.61. The summed E-state index contributed by atoms with van der Waals surface area (Å²) in [4.78, 5) is 11.0. The van der Waals surface area contributed by atoms with Crippen molar-refractivity contribution in [3.63, 3.8) is 0 Å². The molecule has 0 N–H and O–H groups in total. The first-order valence-electron chi connectivity index (χ1n) is 19.5. The number of para-hydroxylation sites is 3.